The summed E-state index contributed by atoms with van der Waals surface area (Å²) in [5.74, 6) is 1.80. The lowest BCUT2D eigenvalue weighted by molar-refractivity contribution is 0.433. The van der Waals surface area contributed by atoms with Crippen molar-refractivity contribution in [1.82, 2.24) is 0 Å². The van der Waals surface area contributed by atoms with Crippen LogP contribution in [0.2, 0.25) is 0 Å². The van der Waals surface area contributed by atoms with E-state index in [1.54, 1.807) is 0 Å². The van der Waals surface area contributed by atoms with E-state index in [0.29, 0.717) is 0 Å². The van der Waals surface area contributed by atoms with Gasteiger partial charge in [-0.3, -0.25) is 0 Å². The third-order valence-corrected chi connectivity index (χ3v) is 19.4. The van der Waals surface area contributed by atoms with Gasteiger partial charge in [0.15, 0.2) is 0 Å². The molecule has 0 bridgehead atoms. The van der Waals surface area contributed by atoms with Gasteiger partial charge in [-0.2, -0.15) is 0 Å². The Morgan fingerprint density at radius 2 is 0.679 bits per heavy atom. The second-order valence-electron chi connectivity index (χ2n) is 27.3. The van der Waals surface area contributed by atoms with Crippen LogP contribution in [0.3, 0.4) is 0 Å². The predicted octanol–water partition coefficient (Wildman–Crippen LogP) is 21.3. The first-order valence-corrected chi connectivity index (χ1v) is 29.9. The van der Waals surface area contributed by atoms with Crippen LogP contribution in [0.5, 0.6) is 11.5 Å². The van der Waals surface area contributed by atoms with Crippen LogP contribution in [-0.2, 0) is 32.5 Å². The molecule has 0 saturated heterocycles. The molecule has 10 aromatic rings. The van der Waals surface area contributed by atoms with Crippen molar-refractivity contribution in [2.45, 2.75) is 125 Å². The molecule has 2 spiro atoms. The van der Waals surface area contributed by atoms with Crippen molar-refractivity contribution < 1.29 is 4.74 Å². The fraction of sp³-hybridized carbons (Fsp3) is 0.231. The minimum atomic E-state index is -0.704. The highest BCUT2D eigenvalue weighted by atomic mass is 32.2. The Morgan fingerprint density at radius 1 is 0.309 bits per heavy atom. The van der Waals surface area contributed by atoms with Gasteiger partial charge < -0.3 is 9.64 Å². The molecular formula is C78H71NOS. The largest absolute Gasteiger partial charge is 0.457 e. The highest BCUT2D eigenvalue weighted by Gasteiger charge is 2.54. The molecule has 0 aromatic heterocycles. The fourth-order valence-corrected chi connectivity index (χ4v) is 15.1. The van der Waals surface area contributed by atoms with Gasteiger partial charge in [-0.1, -0.05) is 240 Å². The van der Waals surface area contributed by atoms with Crippen molar-refractivity contribution in [3.05, 3.63) is 279 Å². The van der Waals surface area contributed by atoms with Crippen LogP contribution in [0.4, 0.5) is 17.1 Å². The van der Waals surface area contributed by atoms with E-state index in [9.17, 15) is 0 Å². The molecule has 0 radical (unpaired) electrons. The number of rotatable bonds is 4. The number of hydrogen-bond donors (Lipinski definition) is 0. The molecule has 14 rings (SSSR count). The molecule has 2 aliphatic heterocycles. The third kappa shape index (κ3) is 7.67. The lowest BCUT2D eigenvalue weighted by atomic mass is 9.64. The zero-order chi connectivity index (χ0) is 56.2. The maximum atomic E-state index is 7.12. The summed E-state index contributed by atoms with van der Waals surface area (Å²) in [4.78, 5) is 5.19. The van der Waals surface area contributed by atoms with E-state index in [1.807, 2.05) is 11.8 Å². The Hall–Kier alpha value is -7.85. The topological polar surface area (TPSA) is 12.5 Å². The molecule has 0 amide bonds. The number of ether oxygens (including phenoxy) is 1. The van der Waals surface area contributed by atoms with Crippen LogP contribution in [0.25, 0.3) is 33.4 Å². The van der Waals surface area contributed by atoms with Crippen LogP contribution in [0, 0.1) is 0 Å². The second kappa shape index (κ2) is 17.8. The second-order valence-corrected chi connectivity index (χ2v) is 28.4. The molecule has 81 heavy (non-hydrogen) atoms. The van der Waals surface area contributed by atoms with Crippen LogP contribution >= 0.6 is 11.8 Å². The molecule has 2 aliphatic carbocycles. The van der Waals surface area contributed by atoms with Crippen LogP contribution < -0.4 is 9.64 Å². The van der Waals surface area contributed by atoms with Gasteiger partial charge in [-0.25, -0.2) is 0 Å². The Kier molecular flexibility index (Phi) is 11.3. The van der Waals surface area contributed by atoms with Crippen LogP contribution in [-0.4, -0.2) is 0 Å². The van der Waals surface area contributed by atoms with Crippen molar-refractivity contribution in [2.24, 2.45) is 0 Å². The highest BCUT2D eigenvalue weighted by molar-refractivity contribution is 7.99. The molecule has 2 nitrogen and oxygen atoms in total. The standard InChI is InChI=1S/C78H71NOS/c1-73(2,3)49-30-38-69-64(42-49)77(65-43-50(74(4,5)6)31-39-70(65)80-69)60-27-19-16-25-56(60)58-36-34-53(46-62(58)77)79(68-29-21-18-24-55(68)48-22-14-13-15-23-48)54-35-37-59-57-26-17-20-28-61(57)78(63(59)47-54)66-44-51(75(7,8)9)32-40-71(66)81-72-41-33-52(45-67(72)78)76(10,11)12/h13-47H,1-12H3. The summed E-state index contributed by atoms with van der Waals surface area (Å²) >= 11 is 1.93. The van der Waals surface area contributed by atoms with E-state index in [-0.39, 0.29) is 21.7 Å². The Labute approximate surface area is 484 Å². The normalized spacial score (nSPS) is 14.9. The molecule has 0 fully saturated rings. The predicted molar refractivity (Wildman–Crippen MR) is 340 cm³/mol. The fourth-order valence-electron chi connectivity index (χ4n) is 14.0. The van der Waals surface area contributed by atoms with Gasteiger partial charge in [-0.05, 0) is 172 Å². The number of para-hydroxylation sites is 1. The van der Waals surface area contributed by atoms with Gasteiger partial charge in [-0.15, -0.1) is 0 Å². The van der Waals surface area contributed by atoms with Crippen LogP contribution in [0.1, 0.15) is 150 Å². The summed E-state index contributed by atoms with van der Waals surface area (Å²) in [7, 11) is 0. The first-order chi connectivity index (χ1) is 38.7. The van der Waals surface area contributed by atoms with E-state index in [1.165, 1.54) is 104 Å². The first-order valence-electron chi connectivity index (χ1n) is 29.1. The maximum absolute atomic E-state index is 7.12. The van der Waals surface area contributed by atoms with Gasteiger partial charge in [0.1, 0.15) is 11.5 Å². The van der Waals surface area contributed by atoms with Gasteiger partial charge in [0.2, 0.25) is 0 Å². The van der Waals surface area contributed by atoms with E-state index >= 15 is 0 Å². The molecule has 3 heteroatoms. The minimum Gasteiger partial charge on any atom is -0.457 e. The lowest BCUT2D eigenvalue weighted by Gasteiger charge is -2.42. The average molecular weight is 1070 g/mol. The van der Waals surface area contributed by atoms with E-state index in [2.05, 4.69) is 300 Å². The zero-order valence-electron chi connectivity index (χ0n) is 49.0. The average Bonchev–Trinajstić information content (AvgIpc) is 1.88. The van der Waals surface area contributed by atoms with Crippen molar-refractivity contribution >= 4 is 28.8 Å². The SMILES string of the molecule is CC(C)(C)c1ccc2c(c1)C1(c3cc(C(C)(C)C)ccc3O2)c2ccccc2-c2ccc(N(c3ccc4c(c3)C3(c5cc(C(C)(C)C)ccc5Sc5ccc(C(C)(C)C)cc53)c3ccccc3-4)c3ccccc3-c3ccccc3)cc21. The Morgan fingerprint density at radius 3 is 1.14 bits per heavy atom. The Balaban J connectivity index is 1.09. The van der Waals surface area contributed by atoms with Crippen molar-refractivity contribution in [3.63, 3.8) is 0 Å². The maximum Gasteiger partial charge on any atom is 0.132 e. The first kappa shape index (κ1) is 51.3. The van der Waals surface area contributed by atoms with Gasteiger partial charge >= 0.3 is 0 Å². The molecule has 400 valence electrons. The molecular weight excluding hydrogens is 999 g/mol. The van der Waals surface area contributed by atoms with Crippen molar-refractivity contribution in [1.29, 1.82) is 0 Å². The van der Waals surface area contributed by atoms with E-state index in [4.69, 9.17) is 4.74 Å². The lowest BCUT2D eigenvalue weighted by Crippen LogP contribution is -2.33. The minimum absolute atomic E-state index is 0.0616. The molecule has 10 aromatic carbocycles. The number of hydrogen-bond acceptors (Lipinski definition) is 3. The number of benzene rings is 10. The number of nitrogens with zero attached hydrogens (tertiary/aromatic N) is 1. The van der Waals surface area contributed by atoms with E-state index < -0.39 is 10.8 Å². The van der Waals surface area contributed by atoms with Gasteiger partial charge in [0.25, 0.3) is 0 Å². The monoisotopic (exact) mass is 1070 g/mol. The third-order valence-electron chi connectivity index (χ3n) is 18.2. The van der Waals surface area contributed by atoms with Gasteiger partial charge in [0.05, 0.1) is 16.5 Å². The number of fused-ring (bicyclic) bond motifs is 18. The molecule has 2 heterocycles. The summed E-state index contributed by atoms with van der Waals surface area (Å²) in [5, 5.41) is 0. The van der Waals surface area contributed by atoms with E-state index in [0.717, 1.165) is 34.1 Å². The Bertz CT molecular complexity index is 3870. The summed E-state index contributed by atoms with van der Waals surface area (Å²) in [6, 6.07) is 81.8. The molecule has 4 aliphatic rings. The van der Waals surface area contributed by atoms with Crippen molar-refractivity contribution in [2.75, 3.05) is 4.90 Å². The van der Waals surface area contributed by atoms with Crippen molar-refractivity contribution in [3.8, 4) is 44.9 Å². The summed E-state index contributed by atoms with van der Waals surface area (Å²) in [6.07, 6.45) is 0. The quantitative estimate of drug-likeness (QED) is 0.174. The molecule has 0 N–H and O–H groups in total. The summed E-state index contributed by atoms with van der Waals surface area (Å²) < 4.78 is 7.12. The van der Waals surface area contributed by atoms with Gasteiger partial charge in [0, 0.05) is 37.9 Å². The number of anilines is 3. The highest BCUT2D eigenvalue weighted by Crippen LogP contribution is 2.66. The van der Waals surface area contributed by atoms with Crippen LogP contribution in [0.15, 0.2) is 222 Å². The molecule has 0 saturated carbocycles. The molecule has 0 unspecified atom stereocenters. The smallest absolute Gasteiger partial charge is 0.132 e. The molecule has 0 atom stereocenters. The summed E-state index contributed by atoms with van der Waals surface area (Å²) in [6.45, 7) is 28.0. The summed E-state index contributed by atoms with van der Waals surface area (Å²) in [5.41, 5.74) is 24.6. The zero-order valence-corrected chi connectivity index (χ0v) is 49.8.